The maximum atomic E-state index is 12.8. The molecule has 0 N–H and O–H groups in total. The van der Waals surface area contributed by atoms with Crippen molar-refractivity contribution in [3.63, 3.8) is 0 Å². The van der Waals surface area contributed by atoms with Crippen LogP contribution in [0.1, 0.15) is 16.1 Å². The standard InChI is InChI=1S/C16H9BrF3NO3/c1-23-15(22)12-10-6-7-11(16(18,19)20)21-14(10)24-13(12)8-2-4-9(17)5-3-8/h2-7H,1H3. The molecule has 8 heteroatoms. The number of rotatable bonds is 2. The van der Waals surface area contributed by atoms with Crippen LogP contribution in [0.4, 0.5) is 13.2 Å². The van der Waals surface area contributed by atoms with Gasteiger partial charge in [0.05, 0.1) is 12.5 Å². The molecule has 4 nitrogen and oxygen atoms in total. The summed E-state index contributed by atoms with van der Waals surface area (Å²) in [7, 11) is 1.18. The fourth-order valence-electron chi connectivity index (χ4n) is 2.25. The van der Waals surface area contributed by atoms with Gasteiger partial charge in [-0.25, -0.2) is 9.78 Å². The fourth-order valence-corrected chi connectivity index (χ4v) is 2.51. The molecule has 0 spiro atoms. The molecule has 0 aliphatic heterocycles. The average molecular weight is 400 g/mol. The van der Waals surface area contributed by atoms with E-state index in [4.69, 9.17) is 9.15 Å². The molecule has 0 fully saturated rings. The molecule has 3 rings (SSSR count). The minimum atomic E-state index is -4.61. The third-order valence-corrected chi connectivity index (χ3v) is 3.87. The van der Waals surface area contributed by atoms with Gasteiger partial charge in [0, 0.05) is 10.0 Å². The Hall–Kier alpha value is -2.35. The number of carbonyl (C=O) groups is 1. The Kier molecular flexibility index (Phi) is 4.08. The Morgan fingerprint density at radius 1 is 1.17 bits per heavy atom. The molecule has 0 saturated heterocycles. The first-order valence-corrected chi connectivity index (χ1v) is 7.45. The summed E-state index contributed by atoms with van der Waals surface area (Å²) < 4.78 is 49.4. The number of nitrogens with zero attached hydrogens (tertiary/aromatic N) is 1. The van der Waals surface area contributed by atoms with Crippen molar-refractivity contribution in [2.75, 3.05) is 7.11 Å². The third kappa shape index (κ3) is 2.89. The molecule has 0 unspecified atom stereocenters. The minimum absolute atomic E-state index is 0.0380. The van der Waals surface area contributed by atoms with Gasteiger partial charge in [0.15, 0.2) is 5.76 Å². The van der Waals surface area contributed by atoms with Gasteiger partial charge < -0.3 is 9.15 Å². The van der Waals surface area contributed by atoms with Crippen LogP contribution in [0.3, 0.4) is 0 Å². The van der Waals surface area contributed by atoms with Gasteiger partial charge in [-0.1, -0.05) is 28.1 Å². The van der Waals surface area contributed by atoms with Crippen molar-refractivity contribution in [2.45, 2.75) is 6.18 Å². The van der Waals surface area contributed by atoms with Crippen molar-refractivity contribution in [3.8, 4) is 11.3 Å². The Morgan fingerprint density at radius 3 is 2.42 bits per heavy atom. The first-order chi connectivity index (χ1) is 11.3. The summed E-state index contributed by atoms with van der Waals surface area (Å²) in [6, 6.07) is 8.73. The van der Waals surface area contributed by atoms with Crippen LogP contribution in [0, 0.1) is 0 Å². The zero-order valence-corrected chi connectivity index (χ0v) is 13.7. The van der Waals surface area contributed by atoms with Crippen molar-refractivity contribution in [1.29, 1.82) is 0 Å². The Labute approximate surface area is 142 Å². The second-order valence-electron chi connectivity index (χ2n) is 4.85. The maximum absolute atomic E-state index is 12.8. The molecule has 0 amide bonds. The zero-order valence-electron chi connectivity index (χ0n) is 12.1. The third-order valence-electron chi connectivity index (χ3n) is 3.34. The average Bonchev–Trinajstić information content (AvgIpc) is 2.92. The molecular formula is C16H9BrF3NO3. The molecule has 2 aromatic heterocycles. The van der Waals surface area contributed by atoms with Gasteiger partial charge in [0.1, 0.15) is 11.3 Å². The molecule has 124 valence electrons. The van der Waals surface area contributed by atoms with Crippen molar-refractivity contribution in [1.82, 2.24) is 4.98 Å². The lowest BCUT2D eigenvalue weighted by molar-refractivity contribution is -0.141. The molecule has 1 aromatic carbocycles. The molecule has 0 atom stereocenters. The first kappa shape index (κ1) is 16.5. The number of halogens is 4. The van der Waals surface area contributed by atoms with Gasteiger partial charge in [-0.05, 0) is 24.3 Å². The van der Waals surface area contributed by atoms with Gasteiger partial charge in [0.25, 0.3) is 0 Å². The van der Waals surface area contributed by atoms with Gasteiger partial charge in [0.2, 0.25) is 5.71 Å². The van der Waals surface area contributed by atoms with E-state index in [0.29, 0.717) is 5.56 Å². The van der Waals surface area contributed by atoms with Crippen LogP contribution in [-0.4, -0.2) is 18.1 Å². The topological polar surface area (TPSA) is 52.3 Å². The van der Waals surface area contributed by atoms with Crippen LogP contribution in [0.2, 0.25) is 0 Å². The number of benzene rings is 1. The highest BCUT2D eigenvalue weighted by atomic mass is 79.9. The number of hydrogen-bond acceptors (Lipinski definition) is 4. The molecule has 0 radical (unpaired) electrons. The van der Waals surface area contributed by atoms with E-state index in [1.165, 1.54) is 7.11 Å². The number of aromatic nitrogens is 1. The van der Waals surface area contributed by atoms with E-state index in [0.717, 1.165) is 16.6 Å². The van der Waals surface area contributed by atoms with Crippen molar-refractivity contribution < 1.29 is 27.1 Å². The normalized spacial score (nSPS) is 11.7. The summed E-state index contributed by atoms with van der Waals surface area (Å²) in [5.41, 5.74) is -0.813. The highest BCUT2D eigenvalue weighted by molar-refractivity contribution is 9.10. The van der Waals surface area contributed by atoms with E-state index in [-0.39, 0.29) is 22.4 Å². The Morgan fingerprint density at radius 2 is 1.83 bits per heavy atom. The number of pyridine rings is 1. The number of carbonyl (C=O) groups excluding carboxylic acids is 1. The molecule has 24 heavy (non-hydrogen) atoms. The molecule has 0 aliphatic carbocycles. The number of esters is 1. The van der Waals surface area contributed by atoms with E-state index >= 15 is 0 Å². The number of alkyl halides is 3. The highest BCUT2D eigenvalue weighted by Gasteiger charge is 2.34. The lowest BCUT2D eigenvalue weighted by Crippen LogP contribution is -2.07. The van der Waals surface area contributed by atoms with E-state index in [1.54, 1.807) is 24.3 Å². The lowest BCUT2D eigenvalue weighted by Gasteiger charge is -2.04. The number of methoxy groups -OCH3 is 1. The predicted molar refractivity (Wildman–Crippen MR) is 83.5 cm³/mol. The van der Waals surface area contributed by atoms with Crippen LogP contribution in [-0.2, 0) is 10.9 Å². The Balaban J connectivity index is 2.27. The summed E-state index contributed by atoms with van der Waals surface area (Å²) in [6.07, 6.45) is -4.61. The largest absolute Gasteiger partial charge is 0.465 e. The minimum Gasteiger partial charge on any atom is -0.465 e. The van der Waals surface area contributed by atoms with Gasteiger partial charge >= 0.3 is 12.1 Å². The molecule has 0 saturated carbocycles. The summed E-state index contributed by atoms with van der Waals surface area (Å²) >= 11 is 3.29. The van der Waals surface area contributed by atoms with Crippen LogP contribution in [0.5, 0.6) is 0 Å². The molecule has 2 heterocycles. The smallest absolute Gasteiger partial charge is 0.433 e. The van der Waals surface area contributed by atoms with Crippen molar-refractivity contribution >= 4 is 33.0 Å². The van der Waals surface area contributed by atoms with Crippen molar-refractivity contribution in [2.24, 2.45) is 0 Å². The van der Waals surface area contributed by atoms with Crippen molar-refractivity contribution in [3.05, 3.63) is 52.1 Å². The zero-order chi connectivity index (χ0) is 17.5. The SMILES string of the molecule is COC(=O)c1c(-c2ccc(Br)cc2)oc2nc(C(F)(F)F)ccc12. The second kappa shape index (κ2) is 5.94. The van der Waals surface area contributed by atoms with E-state index in [2.05, 4.69) is 20.9 Å². The number of hydrogen-bond donors (Lipinski definition) is 0. The summed E-state index contributed by atoms with van der Waals surface area (Å²) in [6.45, 7) is 0. The maximum Gasteiger partial charge on any atom is 0.433 e. The predicted octanol–water partition coefficient (Wildman–Crippen LogP) is 5.06. The lowest BCUT2D eigenvalue weighted by atomic mass is 10.1. The number of ether oxygens (including phenoxy) is 1. The Bertz CT molecular complexity index is 917. The molecule has 3 aromatic rings. The first-order valence-electron chi connectivity index (χ1n) is 6.66. The van der Waals surface area contributed by atoms with Gasteiger partial charge in [-0.2, -0.15) is 13.2 Å². The van der Waals surface area contributed by atoms with Crippen LogP contribution >= 0.6 is 15.9 Å². The highest BCUT2D eigenvalue weighted by Crippen LogP contribution is 2.36. The number of fused-ring (bicyclic) bond motifs is 1. The fraction of sp³-hybridized carbons (Fsp3) is 0.125. The number of furan rings is 1. The van der Waals surface area contributed by atoms with Crippen LogP contribution in [0.25, 0.3) is 22.4 Å². The van der Waals surface area contributed by atoms with Gasteiger partial charge in [-0.3, -0.25) is 0 Å². The van der Waals surface area contributed by atoms with Crippen LogP contribution < -0.4 is 0 Å². The summed E-state index contributed by atoms with van der Waals surface area (Å²) in [4.78, 5) is 15.6. The molecule has 0 aliphatic rings. The quantitative estimate of drug-likeness (QED) is 0.565. The summed E-state index contributed by atoms with van der Waals surface area (Å²) in [5.74, 6) is -0.607. The van der Waals surface area contributed by atoms with Gasteiger partial charge in [-0.15, -0.1) is 0 Å². The van der Waals surface area contributed by atoms with Crippen LogP contribution in [0.15, 0.2) is 45.3 Å². The second-order valence-corrected chi connectivity index (χ2v) is 5.77. The molecular weight excluding hydrogens is 391 g/mol. The van der Waals surface area contributed by atoms with E-state index < -0.39 is 17.8 Å². The molecule has 0 bridgehead atoms. The monoisotopic (exact) mass is 399 g/mol. The van der Waals surface area contributed by atoms with E-state index in [9.17, 15) is 18.0 Å². The van der Waals surface area contributed by atoms with E-state index in [1.807, 2.05) is 0 Å². The summed E-state index contributed by atoms with van der Waals surface area (Å²) in [5, 5.41) is 0.160.